The molecule has 0 aromatic carbocycles. The average Bonchev–Trinajstić information content (AvgIpc) is 3.26. The van der Waals surface area contributed by atoms with E-state index in [1.54, 1.807) is 27.7 Å². The van der Waals surface area contributed by atoms with E-state index in [-0.39, 0.29) is 6.61 Å². The smallest absolute Gasteiger partial charge is 0.394 e. The highest BCUT2D eigenvalue weighted by Gasteiger charge is 2.57. The summed E-state index contributed by atoms with van der Waals surface area (Å²) in [7, 11) is -4.16. The van der Waals surface area contributed by atoms with Gasteiger partial charge < -0.3 is 14.7 Å². The second kappa shape index (κ2) is 4.82. The van der Waals surface area contributed by atoms with Crippen molar-refractivity contribution in [3.63, 3.8) is 0 Å². The summed E-state index contributed by atoms with van der Waals surface area (Å²) in [4.78, 5) is 22.5. The topological polar surface area (TPSA) is 133 Å². The highest BCUT2D eigenvalue weighted by atomic mass is 31.2. The normalized spacial score (nSPS) is 35.9. The third kappa shape index (κ3) is 1.91. The van der Waals surface area contributed by atoms with Crippen molar-refractivity contribution in [1.82, 2.24) is 23.9 Å². The molecule has 5 heterocycles. The molecule has 2 aliphatic heterocycles. The number of hydrogen-bond acceptors (Lipinski definition) is 8. The number of phosphoric ester groups is 1. The van der Waals surface area contributed by atoms with Crippen LogP contribution in [0.5, 0.6) is 0 Å². The van der Waals surface area contributed by atoms with E-state index in [1.165, 1.54) is 6.33 Å². The molecule has 2 saturated heterocycles. The largest absolute Gasteiger partial charge is 0.473 e. The molecule has 0 spiro atoms. The Morgan fingerprint density at radius 1 is 1.17 bits per heavy atom. The molecular weight excluding hydrogens is 341 g/mol. The molecule has 5 rings (SSSR count). The lowest BCUT2D eigenvalue weighted by Crippen LogP contribution is -2.30. The SMILES string of the molecule is O=P1(O)O[C@@H]2[C@H](O1)[C@@H](CO)O[C@H]2n1cnc2c1ncn1ccnc21. The van der Waals surface area contributed by atoms with Crippen LogP contribution in [-0.4, -0.2) is 58.8 Å². The summed E-state index contributed by atoms with van der Waals surface area (Å²) in [5, 5.41) is 9.44. The third-order valence-electron chi connectivity index (χ3n) is 4.20. The molecule has 0 radical (unpaired) electrons. The zero-order chi connectivity index (χ0) is 16.5. The molecular formula is C12H12N5O6P. The number of aliphatic hydroxyl groups is 1. The van der Waals surface area contributed by atoms with Crippen LogP contribution in [0.15, 0.2) is 25.0 Å². The van der Waals surface area contributed by atoms with Gasteiger partial charge in [0.1, 0.15) is 24.6 Å². The van der Waals surface area contributed by atoms with E-state index in [9.17, 15) is 14.6 Å². The molecule has 126 valence electrons. The summed E-state index contributed by atoms with van der Waals surface area (Å²) in [5.41, 5.74) is 1.67. The van der Waals surface area contributed by atoms with Gasteiger partial charge in [-0.15, -0.1) is 0 Å². The summed E-state index contributed by atoms with van der Waals surface area (Å²) >= 11 is 0. The molecule has 2 fully saturated rings. The lowest BCUT2D eigenvalue weighted by atomic mass is 10.1. The maximum absolute atomic E-state index is 11.7. The fourth-order valence-corrected chi connectivity index (χ4v) is 4.33. The molecule has 2 N–H and O–H groups in total. The van der Waals surface area contributed by atoms with E-state index in [1.807, 2.05) is 0 Å². The Balaban J connectivity index is 1.63. The third-order valence-corrected chi connectivity index (χ3v) is 5.22. The van der Waals surface area contributed by atoms with E-state index < -0.39 is 32.4 Å². The van der Waals surface area contributed by atoms with Gasteiger partial charge >= 0.3 is 7.82 Å². The van der Waals surface area contributed by atoms with Crippen LogP contribution in [0.25, 0.3) is 16.8 Å². The predicted octanol–water partition coefficient (Wildman–Crippen LogP) is -0.147. The van der Waals surface area contributed by atoms with Crippen LogP contribution in [0.3, 0.4) is 0 Å². The predicted molar refractivity (Wildman–Crippen MR) is 76.8 cm³/mol. The van der Waals surface area contributed by atoms with Crippen molar-refractivity contribution in [2.45, 2.75) is 24.5 Å². The van der Waals surface area contributed by atoms with Gasteiger partial charge in [-0.2, -0.15) is 0 Å². The Labute approximate surface area is 134 Å². The van der Waals surface area contributed by atoms with E-state index >= 15 is 0 Å². The number of hydrogen-bond donors (Lipinski definition) is 2. The minimum atomic E-state index is -4.16. The van der Waals surface area contributed by atoms with Crippen molar-refractivity contribution in [2.75, 3.05) is 6.61 Å². The van der Waals surface area contributed by atoms with Crippen LogP contribution in [0.1, 0.15) is 6.23 Å². The van der Waals surface area contributed by atoms with Crippen LogP contribution in [-0.2, 0) is 18.3 Å². The van der Waals surface area contributed by atoms with Crippen molar-refractivity contribution >= 4 is 24.6 Å². The molecule has 24 heavy (non-hydrogen) atoms. The minimum Gasteiger partial charge on any atom is -0.394 e. The van der Waals surface area contributed by atoms with Gasteiger partial charge in [-0.05, 0) is 0 Å². The number of rotatable bonds is 2. The molecule has 0 saturated carbocycles. The number of imidazole rings is 2. The molecule has 12 heteroatoms. The number of phosphoric acid groups is 1. The van der Waals surface area contributed by atoms with Gasteiger partial charge in [0.15, 0.2) is 23.0 Å². The van der Waals surface area contributed by atoms with Crippen molar-refractivity contribution in [1.29, 1.82) is 0 Å². The molecule has 1 unspecified atom stereocenters. The van der Waals surface area contributed by atoms with Gasteiger partial charge in [0.25, 0.3) is 0 Å². The lowest BCUT2D eigenvalue weighted by molar-refractivity contribution is -0.0589. The molecule has 0 amide bonds. The van der Waals surface area contributed by atoms with Gasteiger partial charge in [-0.25, -0.2) is 19.5 Å². The van der Waals surface area contributed by atoms with Gasteiger partial charge in [-0.1, -0.05) is 0 Å². The van der Waals surface area contributed by atoms with Crippen LogP contribution in [0.2, 0.25) is 0 Å². The molecule has 0 bridgehead atoms. The van der Waals surface area contributed by atoms with E-state index in [4.69, 9.17) is 13.8 Å². The minimum absolute atomic E-state index is 0.369. The Bertz CT molecular complexity index is 987. The van der Waals surface area contributed by atoms with Crippen molar-refractivity contribution in [3.05, 3.63) is 25.0 Å². The first-order valence-corrected chi connectivity index (χ1v) is 8.67. The first kappa shape index (κ1) is 14.5. The van der Waals surface area contributed by atoms with Crippen molar-refractivity contribution in [3.8, 4) is 0 Å². The molecule has 5 atom stereocenters. The number of aromatic nitrogens is 5. The monoisotopic (exact) mass is 353 g/mol. The Morgan fingerprint density at radius 2 is 2.00 bits per heavy atom. The highest BCUT2D eigenvalue weighted by molar-refractivity contribution is 7.47. The Hall–Kier alpha value is -1.88. The Kier molecular flexibility index (Phi) is 2.90. The Morgan fingerprint density at radius 3 is 2.83 bits per heavy atom. The summed E-state index contributed by atoms with van der Waals surface area (Å²) in [6.45, 7) is -0.369. The van der Waals surface area contributed by atoms with Crippen LogP contribution < -0.4 is 0 Å². The number of aliphatic hydroxyl groups excluding tert-OH is 1. The van der Waals surface area contributed by atoms with E-state index in [0.717, 1.165) is 0 Å². The number of nitrogens with zero attached hydrogens (tertiary/aromatic N) is 5. The summed E-state index contributed by atoms with van der Waals surface area (Å²) < 4.78 is 30.9. The molecule has 11 nitrogen and oxygen atoms in total. The summed E-state index contributed by atoms with van der Waals surface area (Å²) in [6.07, 6.45) is 3.19. The average molecular weight is 353 g/mol. The first-order chi connectivity index (χ1) is 11.6. The molecule has 0 aliphatic carbocycles. The zero-order valence-corrected chi connectivity index (χ0v) is 12.9. The quantitative estimate of drug-likeness (QED) is 0.603. The van der Waals surface area contributed by atoms with E-state index in [0.29, 0.717) is 16.8 Å². The standard InChI is InChI=1S/C12H12N5O6P/c18-3-6-8-9(23-24(19,20)22-8)12(21-6)17-5-14-7-10-13-1-2-16(10)4-15-11(7)17/h1-2,4-6,8-9,12,18H,3H2,(H,19,20)/t6-,8-,9-,12-/m1/s1. The second-order valence-corrected chi connectivity index (χ2v) is 6.94. The molecule has 3 aromatic heterocycles. The fraction of sp³-hybridized carbons (Fsp3) is 0.417. The van der Waals surface area contributed by atoms with Crippen LogP contribution >= 0.6 is 7.82 Å². The van der Waals surface area contributed by atoms with Gasteiger partial charge in [0.05, 0.1) is 12.9 Å². The first-order valence-electron chi connectivity index (χ1n) is 7.17. The van der Waals surface area contributed by atoms with E-state index in [2.05, 4.69) is 15.0 Å². The van der Waals surface area contributed by atoms with Crippen molar-refractivity contribution in [2.24, 2.45) is 0 Å². The number of ether oxygens (including phenoxy) is 1. The second-order valence-electron chi connectivity index (χ2n) is 5.58. The van der Waals surface area contributed by atoms with Crippen molar-refractivity contribution < 1.29 is 28.3 Å². The fourth-order valence-electron chi connectivity index (χ4n) is 3.18. The zero-order valence-electron chi connectivity index (χ0n) is 12.0. The maximum atomic E-state index is 11.7. The summed E-state index contributed by atoms with van der Waals surface area (Å²) in [5.74, 6) is 0. The lowest BCUT2D eigenvalue weighted by Gasteiger charge is -2.18. The molecule has 3 aromatic rings. The van der Waals surface area contributed by atoms with Gasteiger partial charge in [-0.3, -0.25) is 18.0 Å². The maximum Gasteiger partial charge on any atom is 0.473 e. The summed E-state index contributed by atoms with van der Waals surface area (Å²) in [6, 6.07) is 0. The van der Waals surface area contributed by atoms with Gasteiger partial charge in [0.2, 0.25) is 0 Å². The molecule has 2 aliphatic rings. The van der Waals surface area contributed by atoms with Crippen LogP contribution in [0, 0.1) is 0 Å². The van der Waals surface area contributed by atoms with Gasteiger partial charge in [0, 0.05) is 12.4 Å². The number of fused-ring (bicyclic) bond motifs is 4. The van der Waals surface area contributed by atoms with Crippen LogP contribution in [0.4, 0.5) is 0 Å². The highest BCUT2D eigenvalue weighted by Crippen LogP contribution is 2.58.